The van der Waals surface area contributed by atoms with Crippen molar-refractivity contribution in [3.05, 3.63) is 106 Å². The molecule has 1 unspecified atom stereocenters. The van der Waals surface area contributed by atoms with Crippen LogP contribution < -0.4 is 16.0 Å². The van der Waals surface area contributed by atoms with Gasteiger partial charge in [0.1, 0.15) is 5.76 Å². The van der Waals surface area contributed by atoms with Gasteiger partial charge in [0.15, 0.2) is 0 Å². The summed E-state index contributed by atoms with van der Waals surface area (Å²) in [5.74, 6) is -0.669. The molecule has 3 N–H and O–H groups in total. The number of nitrogens with zero attached hydrogens (tertiary/aromatic N) is 1. The molecule has 0 aliphatic carbocycles. The molecule has 37 heavy (non-hydrogen) atoms. The third kappa shape index (κ3) is 6.13. The Kier molecular flexibility index (Phi) is 8.16. The summed E-state index contributed by atoms with van der Waals surface area (Å²) in [6, 6.07) is 20.9. The van der Waals surface area contributed by atoms with E-state index in [-0.39, 0.29) is 17.6 Å². The average molecular weight is 513 g/mol. The molecule has 1 aliphatic rings. The van der Waals surface area contributed by atoms with E-state index in [1.807, 2.05) is 55.5 Å². The molecule has 0 fully saturated rings. The Balaban J connectivity index is 1.57. The minimum atomic E-state index is -0.710. The fraction of sp³-hybridized carbons (Fsp3) is 0.207. The Morgan fingerprint density at radius 1 is 1.05 bits per heavy atom. The first-order chi connectivity index (χ1) is 17.9. The second kappa shape index (κ2) is 11.7. The molecule has 0 saturated heterocycles. The van der Waals surface area contributed by atoms with Gasteiger partial charge in [0.05, 0.1) is 40.2 Å². The van der Waals surface area contributed by atoms with Crippen molar-refractivity contribution in [1.29, 1.82) is 5.26 Å². The Morgan fingerprint density at radius 2 is 1.84 bits per heavy atom. The maximum absolute atomic E-state index is 13.4. The molecule has 0 radical (unpaired) electrons. The topological polar surface area (TPSA) is 107 Å². The number of benzene rings is 2. The van der Waals surface area contributed by atoms with Crippen LogP contribution in [0, 0.1) is 18.3 Å². The maximum atomic E-state index is 13.4. The summed E-state index contributed by atoms with van der Waals surface area (Å²) in [5.41, 5.74) is 4.89. The number of thioether (sulfide) groups is 1. The van der Waals surface area contributed by atoms with E-state index < -0.39 is 5.92 Å². The average Bonchev–Trinajstić information content (AvgIpc) is 3.42. The molecule has 2 aromatic carbocycles. The summed E-state index contributed by atoms with van der Waals surface area (Å²) in [6.07, 6.45) is 2.42. The van der Waals surface area contributed by atoms with E-state index in [0.29, 0.717) is 39.0 Å². The second-order valence-electron chi connectivity index (χ2n) is 8.68. The molecule has 1 atom stereocenters. The van der Waals surface area contributed by atoms with Gasteiger partial charge in [0.2, 0.25) is 5.91 Å². The van der Waals surface area contributed by atoms with Gasteiger partial charge in [0.25, 0.3) is 5.91 Å². The number of amides is 2. The SMILES string of the molecule is CCc1ccc(NC(=O)C2=C(C)NC(SCC(=O)Nc3cccc(C)c3)=C(C#N)C2c2ccco2)cc1. The van der Waals surface area contributed by atoms with Gasteiger partial charge < -0.3 is 20.4 Å². The zero-order valence-corrected chi connectivity index (χ0v) is 21.7. The van der Waals surface area contributed by atoms with Crippen molar-refractivity contribution in [1.82, 2.24) is 5.32 Å². The van der Waals surface area contributed by atoms with Gasteiger partial charge in [-0.05, 0) is 67.8 Å². The predicted octanol–water partition coefficient (Wildman–Crippen LogP) is 5.86. The third-order valence-corrected chi connectivity index (χ3v) is 7.01. The van der Waals surface area contributed by atoms with Gasteiger partial charge in [-0.25, -0.2) is 0 Å². The highest BCUT2D eigenvalue weighted by Gasteiger charge is 2.36. The fourth-order valence-corrected chi connectivity index (χ4v) is 5.04. The highest BCUT2D eigenvalue weighted by atomic mass is 32.2. The second-order valence-corrected chi connectivity index (χ2v) is 9.66. The van der Waals surface area contributed by atoms with Crippen LogP contribution in [0.1, 0.15) is 36.7 Å². The van der Waals surface area contributed by atoms with E-state index in [2.05, 4.69) is 28.9 Å². The lowest BCUT2D eigenvalue weighted by Crippen LogP contribution is -2.31. The maximum Gasteiger partial charge on any atom is 0.254 e. The number of rotatable bonds is 8. The lowest BCUT2D eigenvalue weighted by Gasteiger charge is -2.28. The summed E-state index contributed by atoms with van der Waals surface area (Å²) in [7, 11) is 0. The summed E-state index contributed by atoms with van der Waals surface area (Å²) in [4.78, 5) is 26.1. The Labute approximate surface area is 220 Å². The van der Waals surface area contributed by atoms with Gasteiger partial charge in [0, 0.05) is 17.1 Å². The number of anilines is 2. The lowest BCUT2D eigenvalue weighted by atomic mass is 9.85. The van der Waals surface area contributed by atoms with E-state index in [9.17, 15) is 14.9 Å². The van der Waals surface area contributed by atoms with Crippen molar-refractivity contribution in [3.8, 4) is 6.07 Å². The molecule has 3 aromatic rings. The summed E-state index contributed by atoms with van der Waals surface area (Å²) >= 11 is 1.21. The Morgan fingerprint density at radius 3 is 2.49 bits per heavy atom. The summed E-state index contributed by atoms with van der Waals surface area (Å²) in [6.45, 7) is 5.81. The van der Waals surface area contributed by atoms with Crippen LogP contribution in [0.2, 0.25) is 0 Å². The van der Waals surface area contributed by atoms with Crippen LogP contribution in [-0.2, 0) is 16.0 Å². The van der Waals surface area contributed by atoms with Gasteiger partial charge in [-0.2, -0.15) is 5.26 Å². The number of hydrogen-bond donors (Lipinski definition) is 3. The van der Waals surface area contributed by atoms with Crippen LogP contribution in [0.4, 0.5) is 11.4 Å². The normalized spacial score (nSPS) is 15.1. The van der Waals surface area contributed by atoms with E-state index in [4.69, 9.17) is 4.42 Å². The van der Waals surface area contributed by atoms with E-state index >= 15 is 0 Å². The van der Waals surface area contributed by atoms with Crippen molar-refractivity contribution in [2.24, 2.45) is 0 Å². The number of dihydropyridines is 1. The van der Waals surface area contributed by atoms with Gasteiger partial charge in [-0.1, -0.05) is 43.0 Å². The van der Waals surface area contributed by atoms with Gasteiger partial charge in [-0.3, -0.25) is 9.59 Å². The molecule has 0 saturated carbocycles. The van der Waals surface area contributed by atoms with Crippen molar-refractivity contribution >= 4 is 35.0 Å². The van der Waals surface area contributed by atoms with Crippen LogP contribution in [0.5, 0.6) is 0 Å². The number of aryl methyl sites for hydroxylation is 2. The molecule has 8 heteroatoms. The molecule has 188 valence electrons. The van der Waals surface area contributed by atoms with E-state index in [1.165, 1.54) is 23.6 Å². The lowest BCUT2D eigenvalue weighted by molar-refractivity contribution is -0.114. The molecular formula is C29H28N4O3S. The molecule has 7 nitrogen and oxygen atoms in total. The van der Waals surface area contributed by atoms with Crippen molar-refractivity contribution < 1.29 is 14.0 Å². The van der Waals surface area contributed by atoms with E-state index in [0.717, 1.165) is 12.0 Å². The monoisotopic (exact) mass is 512 g/mol. The van der Waals surface area contributed by atoms with Crippen LogP contribution in [0.15, 0.2) is 93.2 Å². The Bertz CT molecular complexity index is 1400. The number of furan rings is 1. The number of hydrogen-bond acceptors (Lipinski definition) is 6. The smallest absolute Gasteiger partial charge is 0.254 e. The first kappa shape index (κ1) is 25.9. The first-order valence-corrected chi connectivity index (χ1v) is 12.9. The molecule has 1 aromatic heterocycles. The van der Waals surface area contributed by atoms with Crippen molar-refractivity contribution in [2.75, 3.05) is 16.4 Å². The number of nitriles is 1. The molecule has 1 aliphatic heterocycles. The number of carbonyl (C=O) groups is 2. The molecule has 0 spiro atoms. The first-order valence-electron chi connectivity index (χ1n) is 11.9. The van der Waals surface area contributed by atoms with Gasteiger partial charge >= 0.3 is 0 Å². The minimum Gasteiger partial charge on any atom is -0.468 e. The minimum absolute atomic E-state index is 0.0882. The summed E-state index contributed by atoms with van der Waals surface area (Å²) < 4.78 is 5.66. The molecule has 2 heterocycles. The van der Waals surface area contributed by atoms with Crippen LogP contribution >= 0.6 is 11.8 Å². The van der Waals surface area contributed by atoms with E-state index in [1.54, 1.807) is 19.1 Å². The zero-order valence-electron chi connectivity index (χ0n) is 20.9. The zero-order chi connectivity index (χ0) is 26.4. The molecular weight excluding hydrogens is 484 g/mol. The summed E-state index contributed by atoms with van der Waals surface area (Å²) in [5, 5.41) is 19.7. The molecule has 2 amide bonds. The van der Waals surface area contributed by atoms with Crippen LogP contribution in [-0.4, -0.2) is 17.6 Å². The predicted molar refractivity (Wildman–Crippen MR) is 147 cm³/mol. The fourth-order valence-electron chi connectivity index (χ4n) is 4.15. The number of nitrogens with one attached hydrogen (secondary N) is 3. The highest BCUT2D eigenvalue weighted by Crippen LogP contribution is 2.41. The van der Waals surface area contributed by atoms with Crippen molar-refractivity contribution in [2.45, 2.75) is 33.1 Å². The standard InChI is InChI=1S/C29H28N4O3S/c1-4-20-10-12-21(13-11-20)33-28(35)26-19(3)31-29(23(16-30)27(26)24-9-6-14-36-24)37-17-25(34)32-22-8-5-7-18(2)15-22/h5-15,27,31H,4,17H2,1-3H3,(H,32,34)(H,33,35). The Hall–Kier alpha value is -4.22. The van der Waals surface area contributed by atoms with Gasteiger partial charge in [-0.15, -0.1) is 0 Å². The number of allylic oxidation sites excluding steroid dienone is 2. The van der Waals surface area contributed by atoms with Crippen molar-refractivity contribution in [3.63, 3.8) is 0 Å². The molecule has 0 bridgehead atoms. The third-order valence-electron chi connectivity index (χ3n) is 5.99. The quantitative estimate of drug-likeness (QED) is 0.349. The number of carbonyl (C=O) groups excluding carboxylic acids is 2. The largest absolute Gasteiger partial charge is 0.468 e. The van der Waals surface area contributed by atoms with Crippen LogP contribution in [0.3, 0.4) is 0 Å². The van der Waals surface area contributed by atoms with Crippen LogP contribution in [0.25, 0.3) is 0 Å². The molecule has 4 rings (SSSR count). The highest BCUT2D eigenvalue weighted by molar-refractivity contribution is 8.03.